The highest BCUT2D eigenvalue weighted by molar-refractivity contribution is 7.16. The highest BCUT2D eigenvalue weighted by Crippen LogP contribution is 2.20. The molecule has 90 valence electrons. The van der Waals surface area contributed by atoms with Crippen LogP contribution in [0.15, 0.2) is 12.1 Å². The van der Waals surface area contributed by atoms with Gasteiger partial charge in [-0.1, -0.05) is 11.6 Å². The lowest BCUT2D eigenvalue weighted by molar-refractivity contribution is -0.153. The van der Waals surface area contributed by atoms with Gasteiger partial charge in [-0.15, -0.1) is 11.3 Å². The molecule has 0 aromatic carbocycles. The Morgan fingerprint density at radius 2 is 2.19 bits per heavy atom. The third-order valence-corrected chi connectivity index (χ3v) is 2.85. The number of halogens is 1. The molecule has 0 atom stereocenters. The third kappa shape index (κ3) is 5.49. The molecular formula is C11H16ClNO2S. The molecule has 5 heteroatoms. The van der Waals surface area contributed by atoms with E-state index in [9.17, 15) is 4.79 Å². The van der Waals surface area contributed by atoms with Crippen molar-refractivity contribution in [3.8, 4) is 0 Å². The van der Waals surface area contributed by atoms with Gasteiger partial charge < -0.3 is 10.1 Å². The Bertz CT molecular complexity index is 357. The number of hydrogen-bond donors (Lipinski definition) is 1. The SMILES string of the molecule is CC(C)(C)OC(=O)CNCc1ccc(Cl)s1. The van der Waals surface area contributed by atoms with Gasteiger partial charge in [0, 0.05) is 11.4 Å². The van der Waals surface area contributed by atoms with Gasteiger partial charge in [0.25, 0.3) is 0 Å². The van der Waals surface area contributed by atoms with Gasteiger partial charge in [-0.2, -0.15) is 0 Å². The van der Waals surface area contributed by atoms with Crippen molar-refractivity contribution in [2.24, 2.45) is 0 Å². The van der Waals surface area contributed by atoms with Crippen LogP contribution in [0.4, 0.5) is 0 Å². The number of esters is 1. The second-order valence-electron chi connectivity index (χ2n) is 4.40. The second-order valence-corrected chi connectivity index (χ2v) is 6.20. The molecule has 0 aliphatic heterocycles. The summed E-state index contributed by atoms with van der Waals surface area (Å²) >= 11 is 7.29. The van der Waals surface area contributed by atoms with E-state index < -0.39 is 5.60 Å². The predicted molar refractivity (Wildman–Crippen MR) is 66.9 cm³/mol. The summed E-state index contributed by atoms with van der Waals surface area (Å²) in [6, 6.07) is 3.78. The van der Waals surface area contributed by atoms with Crippen LogP contribution in [0.2, 0.25) is 4.34 Å². The Morgan fingerprint density at radius 1 is 1.50 bits per heavy atom. The van der Waals surface area contributed by atoms with Crippen molar-refractivity contribution in [2.45, 2.75) is 32.9 Å². The Hall–Kier alpha value is -0.580. The minimum absolute atomic E-state index is 0.215. The van der Waals surface area contributed by atoms with Crippen molar-refractivity contribution in [3.63, 3.8) is 0 Å². The van der Waals surface area contributed by atoms with Crippen molar-refractivity contribution >= 4 is 28.9 Å². The number of ether oxygens (including phenoxy) is 1. The second kappa shape index (κ2) is 5.66. The molecule has 1 heterocycles. The van der Waals surface area contributed by atoms with Crippen molar-refractivity contribution < 1.29 is 9.53 Å². The van der Waals surface area contributed by atoms with E-state index >= 15 is 0 Å². The van der Waals surface area contributed by atoms with E-state index in [0.29, 0.717) is 6.54 Å². The Labute approximate surface area is 105 Å². The van der Waals surface area contributed by atoms with E-state index in [1.165, 1.54) is 11.3 Å². The summed E-state index contributed by atoms with van der Waals surface area (Å²) in [6.07, 6.45) is 0. The predicted octanol–water partition coefficient (Wildman–Crippen LogP) is 2.83. The van der Waals surface area contributed by atoms with E-state index in [-0.39, 0.29) is 12.5 Å². The minimum Gasteiger partial charge on any atom is -0.459 e. The van der Waals surface area contributed by atoms with E-state index in [1.807, 2.05) is 32.9 Å². The summed E-state index contributed by atoms with van der Waals surface area (Å²) in [5.41, 5.74) is -0.426. The van der Waals surface area contributed by atoms with Gasteiger partial charge >= 0.3 is 5.97 Å². The number of carbonyl (C=O) groups excluding carboxylic acids is 1. The number of carbonyl (C=O) groups is 1. The molecule has 16 heavy (non-hydrogen) atoms. The van der Waals surface area contributed by atoms with Crippen LogP contribution in [0.3, 0.4) is 0 Å². The van der Waals surface area contributed by atoms with Crippen LogP contribution in [0.5, 0.6) is 0 Å². The molecule has 1 rings (SSSR count). The average Bonchev–Trinajstić information content (AvgIpc) is 2.48. The van der Waals surface area contributed by atoms with Gasteiger partial charge in [-0.25, -0.2) is 0 Å². The molecule has 0 spiro atoms. The first-order chi connectivity index (χ1) is 7.37. The van der Waals surface area contributed by atoms with Gasteiger partial charge in [-0.05, 0) is 32.9 Å². The molecule has 0 aliphatic rings. The van der Waals surface area contributed by atoms with E-state index in [4.69, 9.17) is 16.3 Å². The molecule has 1 aromatic rings. The first kappa shape index (κ1) is 13.5. The Morgan fingerprint density at radius 3 is 2.69 bits per heavy atom. The van der Waals surface area contributed by atoms with Crippen LogP contribution < -0.4 is 5.32 Å². The van der Waals surface area contributed by atoms with Crippen LogP contribution in [-0.2, 0) is 16.1 Å². The molecule has 1 N–H and O–H groups in total. The van der Waals surface area contributed by atoms with Gasteiger partial charge in [0.1, 0.15) is 5.60 Å². The fourth-order valence-corrected chi connectivity index (χ4v) is 2.17. The smallest absolute Gasteiger partial charge is 0.320 e. The number of thiophene rings is 1. The molecule has 3 nitrogen and oxygen atoms in total. The zero-order valence-electron chi connectivity index (χ0n) is 9.67. The zero-order chi connectivity index (χ0) is 12.2. The van der Waals surface area contributed by atoms with Gasteiger partial charge in [0.15, 0.2) is 0 Å². The number of nitrogens with one attached hydrogen (secondary N) is 1. The molecule has 0 saturated carbocycles. The molecule has 1 aromatic heterocycles. The highest BCUT2D eigenvalue weighted by atomic mass is 35.5. The van der Waals surface area contributed by atoms with E-state index in [0.717, 1.165) is 9.21 Å². The molecule has 0 fully saturated rings. The van der Waals surface area contributed by atoms with Crippen LogP contribution in [0.25, 0.3) is 0 Å². The summed E-state index contributed by atoms with van der Waals surface area (Å²) in [6.45, 7) is 6.40. The molecule has 0 saturated heterocycles. The summed E-state index contributed by atoms with van der Waals surface area (Å²) < 4.78 is 5.92. The van der Waals surface area contributed by atoms with Gasteiger partial charge in [0.05, 0.1) is 10.9 Å². The fourth-order valence-electron chi connectivity index (χ4n) is 1.11. The normalized spacial score (nSPS) is 11.5. The lowest BCUT2D eigenvalue weighted by atomic mass is 10.2. The van der Waals surface area contributed by atoms with Crippen LogP contribution in [0, 0.1) is 0 Å². The first-order valence-corrected chi connectivity index (χ1v) is 6.23. The number of hydrogen-bond acceptors (Lipinski definition) is 4. The monoisotopic (exact) mass is 261 g/mol. The summed E-state index contributed by atoms with van der Waals surface area (Å²) in [5.74, 6) is -0.241. The summed E-state index contributed by atoms with van der Waals surface area (Å²) in [4.78, 5) is 12.5. The maximum Gasteiger partial charge on any atom is 0.320 e. The lowest BCUT2D eigenvalue weighted by Gasteiger charge is -2.19. The Balaban J connectivity index is 2.23. The van der Waals surface area contributed by atoms with Crippen LogP contribution >= 0.6 is 22.9 Å². The molecule has 0 bridgehead atoms. The van der Waals surface area contributed by atoms with Crippen molar-refractivity contribution in [1.82, 2.24) is 5.32 Å². The highest BCUT2D eigenvalue weighted by Gasteiger charge is 2.15. The average molecular weight is 262 g/mol. The molecule has 0 radical (unpaired) electrons. The zero-order valence-corrected chi connectivity index (χ0v) is 11.2. The van der Waals surface area contributed by atoms with Crippen LogP contribution in [-0.4, -0.2) is 18.1 Å². The van der Waals surface area contributed by atoms with Gasteiger partial charge in [0.2, 0.25) is 0 Å². The van der Waals surface area contributed by atoms with E-state index in [1.54, 1.807) is 0 Å². The molecule has 0 amide bonds. The third-order valence-electron chi connectivity index (χ3n) is 1.62. The van der Waals surface area contributed by atoms with Crippen molar-refractivity contribution in [3.05, 3.63) is 21.3 Å². The van der Waals surface area contributed by atoms with Gasteiger partial charge in [-0.3, -0.25) is 4.79 Å². The standard InChI is InChI=1S/C11H16ClNO2S/c1-11(2,3)15-10(14)7-13-6-8-4-5-9(12)16-8/h4-5,13H,6-7H2,1-3H3. The quantitative estimate of drug-likeness (QED) is 0.847. The van der Waals surface area contributed by atoms with Crippen molar-refractivity contribution in [2.75, 3.05) is 6.54 Å². The largest absolute Gasteiger partial charge is 0.459 e. The van der Waals surface area contributed by atoms with Crippen molar-refractivity contribution in [1.29, 1.82) is 0 Å². The van der Waals surface area contributed by atoms with E-state index in [2.05, 4.69) is 5.32 Å². The minimum atomic E-state index is -0.426. The topological polar surface area (TPSA) is 38.3 Å². The maximum absolute atomic E-state index is 11.3. The van der Waals surface area contributed by atoms with Crippen LogP contribution in [0.1, 0.15) is 25.6 Å². The number of rotatable bonds is 4. The Kier molecular flexibility index (Phi) is 4.77. The molecule has 0 unspecified atom stereocenters. The fraction of sp³-hybridized carbons (Fsp3) is 0.545. The molecular weight excluding hydrogens is 246 g/mol. The summed E-state index contributed by atoms with van der Waals surface area (Å²) in [5, 5.41) is 3.01. The first-order valence-electron chi connectivity index (χ1n) is 5.03. The lowest BCUT2D eigenvalue weighted by Crippen LogP contribution is -2.31. The summed E-state index contributed by atoms with van der Waals surface area (Å²) in [7, 11) is 0. The maximum atomic E-state index is 11.3. The molecule has 0 aliphatic carbocycles.